The van der Waals surface area contributed by atoms with Crippen molar-refractivity contribution in [1.82, 2.24) is 14.9 Å². The van der Waals surface area contributed by atoms with Crippen molar-refractivity contribution in [3.05, 3.63) is 71.4 Å². The Bertz CT molecular complexity index is 1010. The van der Waals surface area contributed by atoms with E-state index >= 15 is 0 Å². The molecule has 1 amide bonds. The molecule has 3 aromatic rings. The van der Waals surface area contributed by atoms with Crippen molar-refractivity contribution in [2.45, 2.75) is 13.8 Å². The van der Waals surface area contributed by atoms with Gasteiger partial charge in [-0.3, -0.25) is 4.79 Å². The zero-order chi connectivity index (χ0) is 20.2. The lowest BCUT2D eigenvalue weighted by atomic mass is 10.1. The minimum atomic E-state index is -0.100. The largest absolute Gasteiger partial charge is 0.378 e. The summed E-state index contributed by atoms with van der Waals surface area (Å²) in [6.45, 7) is 6.34. The fourth-order valence-electron chi connectivity index (χ4n) is 3.27. The van der Waals surface area contributed by atoms with Gasteiger partial charge in [-0.05, 0) is 31.0 Å². The van der Waals surface area contributed by atoms with E-state index in [0.717, 1.165) is 22.4 Å². The van der Waals surface area contributed by atoms with Crippen molar-refractivity contribution in [3.63, 3.8) is 0 Å². The molecule has 0 bridgehead atoms. The average Bonchev–Trinajstić information content (AvgIpc) is 2.77. The molecular formula is C23H24N4O2. The number of nitrogens with one attached hydrogen (secondary N) is 1. The lowest BCUT2D eigenvalue weighted by Crippen LogP contribution is -2.41. The Balaban J connectivity index is 1.73. The average molecular weight is 388 g/mol. The molecule has 1 fully saturated rings. The zero-order valence-corrected chi connectivity index (χ0v) is 16.7. The summed E-state index contributed by atoms with van der Waals surface area (Å²) in [5.74, 6) is 1.03. The molecule has 148 valence electrons. The summed E-state index contributed by atoms with van der Waals surface area (Å²) in [5, 5.41) is 3.37. The molecule has 29 heavy (non-hydrogen) atoms. The number of carbonyl (C=O) groups is 1. The van der Waals surface area contributed by atoms with E-state index in [2.05, 4.69) is 33.5 Å². The van der Waals surface area contributed by atoms with Crippen LogP contribution in [-0.4, -0.2) is 47.1 Å². The molecule has 0 unspecified atom stereocenters. The third kappa shape index (κ3) is 4.43. The van der Waals surface area contributed by atoms with Crippen LogP contribution in [0.15, 0.2) is 54.6 Å². The highest BCUT2D eigenvalue weighted by molar-refractivity contribution is 5.93. The van der Waals surface area contributed by atoms with E-state index in [-0.39, 0.29) is 5.91 Å². The Morgan fingerprint density at radius 3 is 2.52 bits per heavy atom. The van der Waals surface area contributed by atoms with Gasteiger partial charge in [0.05, 0.1) is 13.2 Å². The molecule has 2 heterocycles. The van der Waals surface area contributed by atoms with Gasteiger partial charge in [0.25, 0.3) is 5.91 Å². The predicted molar refractivity (Wildman–Crippen MR) is 113 cm³/mol. The number of aromatic nitrogens is 2. The van der Waals surface area contributed by atoms with Crippen molar-refractivity contribution in [2.24, 2.45) is 0 Å². The van der Waals surface area contributed by atoms with Crippen LogP contribution in [0.25, 0.3) is 11.4 Å². The summed E-state index contributed by atoms with van der Waals surface area (Å²) in [4.78, 5) is 24.1. The van der Waals surface area contributed by atoms with Crippen LogP contribution in [0.3, 0.4) is 0 Å². The first-order valence-electron chi connectivity index (χ1n) is 9.76. The number of nitrogens with zero attached hydrogens (tertiary/aromatic N) is 3. The SMILES string of the molecule is Cc1ccc(C)c(Nc2cc(C(=O)N3CCOCC3)nc(-c3ccccc3)n2)c1. The van der Waals surface area contributed by atoms with Crippen LogP contribution in [0.1, 0.15) is 21.6 Å². The second kappa shape index (κ2) is 8.41. The number of anilines is 2. The molecule has 1 aliphatic rings. The quantitative estimate of drug-likeness (QED) is 0.732. The summed E-state index contributed by atoms with van der Waals surface area (Å²) in [6.07, 6.45) is 0. The number of morpholine rings is 1. The summed E-state index contributed by atoms with van der Waals surface area (Å²) >= 11 is 0. The van der Waals surface area contributed by atoms with Crippen molar-refractivity contribution >= 4 is 17.4 Å². The van der Waals surface area contributed by atoms with Crippen molar-refractivity contribution < 1.29 is 9.53 Å². The monoisotopic (exact) mass is 388 g/mol. The predicted octanol–water partition coefficient (Wildman–Crippen LogP) is 3.98. The molecule has 1 saturated heterocycles. The van der Waals surface area contributed by atoms with Gasteiger partial charge in [0.1, 0.15) is 11.5 Å². The number of hydrogen-bond donors (Lipinski definition) is 1. The first-order valence-corrected chi connectivity index (χ1v) is 9.76. The van der Waals surface area contributed by atoms with Crippen LogP contribution < -0.4 is 5.32 Å². The number of aryl methyl sites for hydroxylation is 2. The maximum Gasteiger partial charge on any atom is 0.272 e. The molecule has 1 aromatic heterocycles. The molecular weight excluding hydrogens is 364 g/mol. The molecule has 0 saturated carbocycles. The molecule has 2 aromatic carbocycles. The zero-order valence-electron chi connectivity index (χ0n) is 16.7. The molecule has 0 spiro atoms. The van der Waals surface area contributed by atoms with E-state index < -0.39 is 0 Å². The van der Waals surface area contributed by atoms with Crippen molar-refractivity contribution in [2.75, 3.05) is 31.6 Å². The molecule has 1 aliphatic heterocycles. The molecule has 0 aliphatic carbocycles. The van der Waals surface area contributed by atoms with Crippen LogP contribution in [0.4, 0.5) is 11.5 Å². The summed E-state index contributed by atoms with van der Waals surface area (Å²) in [6, 6.07) is 17.6. The number of hydrogen-bond acceptors (Lipinski definition) is 5. The second-order valence-electron chi connectivity index (χ2n) is 7.18. The lowest BCUT2D eigenvalue weighted by molar-refractivity contribution is 0.0299. The van der Waals surface area contributed by atoms with E-state index in [1.807, 2.05) is 44.2 Å². The van der Waals surface area contributed by atoms with E-state index in [9.17, 15) is 4.79 Å². The Morgan fingerprint density at radius 1 is 1.00 bits per heavy atom. The summed E-state index contributed by atoms with van der Waals surface area (Å²) in [5.41, 5.74) is 4.48. The highest BCUT2D eigenvalue weighted by Crippen LogP contribution is 2.24. The van der Waals surface area contributed by atoms with Crippen molar-refractivity contribution in [1.29, 1.82) is 0 Å². The highest BCUT2D eigenvalue weighted by atomic mass is 16.5. The number of carbonyl (C=O) groups excluding carboxylic acids is 1. The molecule has 0 atom stereocenters. The molecule has 0 radical (unpaired) electrons. The van der Waals surface area contributed by atoms with Gasteiger partial charge < -0.3 is 15.0 Å². The Morgan fingerprint density at radius 2 is 1.76 bits per heavy atom. The Labute approximate surface area is 170 Å². The maximum absolute atomic E-state index is 13.1. The smallest absolute Gasteiger partial charge is 0.272 e. The normalized spacial score (nSPS) is 13.9. The minimum absolute atomic E-state index is 0.100. The fourth-order valence-corrected chi connectivity index (χ4v) is 3.27. The minimum Gasteiger partial charge on any atom is -0.378 e. The molecule has 6 heteroatoms. The standard InChI is InChI=1S/C23H24N4O2/c1-16-8-9-17(2)19(14-16)24-21-15-20(23(28)27-10-12-29-13-11-27)25-22(26-21)18-6-4-3-5-7-18/h3-9,14-15H,10-13H2,1-2H3,(H,24,25,26). The van der Waals surface area contributed by atoms with E-state index in [4.69, 9.17) is 4.74 Å². The second-order valence-corrected chi connectivity index (χ2v) is 7.18. The first-order chi connectivity index (χ1) is 14.1. The van der Waals surface area contributed by atoms with Gasteiger partial charge in [-0.1, -0.05) is 42.5 Å². The summed E-state index contributed by atoms with van der Waals surface area (Å²) < 4.78 is 5.37. The lowest BCUT2D eigenvalue weighted by Gasteiger charge is -2.26. The van der Waals surface area contributed by atoms with Gasteiger partial charge in [0.15, 0.2) is 5.82 Å². The van der Waals surface area contributed by atoms with Crippen molar-refractivity contribution in [3.8, 4) is 11.4 Å². The summed E-state index contributed by atoms with van der Waals surface area (Å²) in [7, 11) is 0. The van der Waals surface area contributed by atoms with E-state index in [0.29, 0.717) is 43.6 Å². The van der Waals surface area contributed by atoms with E-state index in [1.165, 1.54) is 0 Å². The van der Waals surface area contributed by atoms with Gasteiger partial charge in [-0.15, -0.1) is 0 Å². The van der Waals surface area contributed by atoms with Gasteiger partial charge in [0, 0.05) is 30.4 Å². The van der Waals surface area contributed by atoms with Gasteiger partial charge in [-0.25, -0.2) is 9.97 Å². The topological polar surface area (TPSA) is 67.4 Å². The van der Waals surface area contributed by atoms with Gasteiger partial charge in [0.2, 0.25) is 0 Å². The van der Waals surface area contributed by atoms with Crippen LogP contribution >= 0.6 is 0 Å². The third-order valence-electron chi connectivity index (χ3n) is 4.93. The fraction of sp³-hybridized carbons (Fsp3) is 0.261. The van der Waals surface area contributed by atoms with Gasteiger partial charge in [-0.2, -0.15) is 0 Å². The van der Waals surface area contributed by atoms with Crippen LogP contribution in [0.5, 0.6) is 0 Å². The van der Waals surface area contributed by atoms with Gasteiger partial charge >= 0.3 is 0 Å². The number of rotatable bonds is 4. The first kappa shape index (κ1) is 19.1. The molecule has 4 rings (SSSR count). The molecule has 1 N–H and O–H groups in total. The van der Waals surface area contributed by atoms with E-state index in [1.54, 1.807) is 11.0 Å². The molecule has 6 nitrogen and oxygen atoms in total. The maximum atomic E-state index is 13.1. The number of benzene rings is 2. The Kier molecular flexibility index (Phi) is 5.53. The number of ether oxygens (including phenoxy) is 1. The van der Waals surface area contributed by atoms with Crippen LogP contribution in [0.2, 0.25) is 0 Å². The van der Waals surface area contributed by atoms with Crippen LogP contribution in [0, 0.1) is 13.8 Å². The third-order valence-corrected chi connectivity index (χ3v) is 4.93. The highest BCUT2D eigenvalue weighted by Gasteiger charge is 2.21. The number of amides is 1. The Hall–Kier alpha value is -3.25. The van der Waals surface area contributed by atoms with Crippen LogP contribution in [-0.2, 0) is 4.74 Å².